The van der Waals surface area contributed by atoms with E-state index in [0.717, 1.165) is 11.2 Å². The molecule has 2 aromatic rings. The first-order chi connectivity index (χ1) is 11.7. The minimum Gasteiger partial charge on any atom is -0.400 e. The fraction of sp³-hybridized carbons (Fsp3) is 0.471. The van der Waals surface area contributed by atoms with Gasteiger partial charge >= 0.3 is 7.12 Å². The van der Waals surface area contributed by atoms with Crippen molar-refractivity contribution in [3.8, 4) is 0 Å². The predicted octanol–water partition coefficient (Wildman–Crippen LogP) is 3.02. The topological polar surface area (TPSA) is 65.7 Å². The molecule has 0 atom stereocenters. The molecule has 0 bridgehead atoms. The van der Waals surface area contributed by atoms with Crippen molar-refractivity contribution >= 4 is 35.8 Å². The van der Waals surface area contributed by atoms with Crippen LogP contribution in [-0.4, -0.2) is 43.6 Å². The van der Waals surface area contributed by atoms with Gasteiger partial charge in [-0.2, -0.15) is 0 Å². The van der Waals surface area contributed by atoms with Crippen LogP contribution in [0.3, 0.4) is 0 Å². The van der Waals surface area contributed by atoms with Crippen LogP contribution in [0.25, 0.3) is 11.9 Å². The minimum atomic E-state index is -0.501. The van der Waals surface area contributed by atoms with Gasteiger partial charge in [-0.15, -0.1) is 0 Å². The Kier molecular flexibility index (Phi) is 4.79. The standard InChI is InChI=1S/C17H22BN3O3S/c1-12(22)25-11-13(18-23-16(2,3)17(4,5)24-18)9-14-10-20-15-19-7-6-8-21(14)15/h6-10H,11H2,1-5H3. The molecule has 0 unspecified atom stereocenters. The maximum absolute atomic E-state index is 11.5. The van der Waals surface area contributed by atoms with Gasteiger partial charge in [0.2, 0.25) is 5.78 Å². The summed E-state index contributed by atoms with van der Waals surface area (Å²) < 4.78 is 14.2. The predicted molar refractivity (Wildman–Crippen MR) is 100 cm³/mol. The van der Waals surface area contributed by atoms with Gasteiger partial charge in [-0.1, -0.05) is 11.8 Å². The molecule has 2 aromatic heterocycles. The van der Waals surface area contributed by atoms with Crippen molar-refractivity contribution in [1.82, 2.24) is 14.4 Å². The van der Waals surface area contributed by atoms with E-state index < -0.39 is 18.3 Å². The maximum Gasteiger partial charge on any atom is 0.491 e. The number of hydrogen-bond acceptors (Lipinski definition) is 6. The molecule has 6 nitrogen and oxygen atoms in total. The Bertz CT molecular complexity index is 815. The highest BCUT2D eigenvalue weighted by molar-refractivity contribution is 8.13. The number of fused-ring (bicyclic) bond motifs is 1. The van der Waals surface area contributed by atoms with Gasteiger partial charge < -0.3 is 9.31 Å². The molecular formula is C17H22BN3O3S. The van der Waals surface area contributed by atoms with Gasteiger partial charge in [-0.05, 0) is 45.3 Å². The van der Waals surface area contributed by atoms with Crippen molar-refractivity contribution in [2.45, 2.75) is 45.8 Å². The average molecular weight is 359 g/mol. The third-order valence-electron chi connectivity index (χ3n) is 4.65. The van der Waals surface area contributed by atoms with Gasteiger partial charge in [-0.25, -0.2) is 9.97 Å². The van der Waals surface area contributed by atoms with E-state index in [1.54, 1.807) is 19.3 Å². The minimum absolute atomic E-state index is 0.0576. The van der Waals surface area contributed by atoms with E-state index in [1.165, 1.54) is 11.8 Å². The number of aromatic nitrogens is 3. The zero-order valence-electron chi connectivity index (χ0n) is 15.1. The van der Waals surface area contributed by atoms with Gasteiger partial charge in [0.1, 0.15) is 0 Å². The van der Waals surface area contributed by atoms with E-state index >= 15 is 0 Å². The monoisotopic (exact) mass is 359 g/mol. The van der Waals surface area contributed by atoms with Crippen LogP contribution in [-0.2, 0) is 14.1 Å². The van der Waals surface area contributed by atoms with Crippen LogP contribution >= 0.6 is 11.8 Å². The number of rotatable bonds is 4. The van der Waals surface area contributed by atoms with Crippen molar-refractivity contribution in [2.75, 3.05) is 5.75 Å². The summed E-state index contributed by atoms with van der Waals surface area (Å²) in [7, 11) is -0.501. The average Bonchev–Trinajstić information content (AvgIpc) is 3.02. The molecular weight excluding hydrogens is 337 g/mol. The van der Waals surface area contributed by atoms with Gasteiger partial charge in [0, 0.05) is 25.1 Å². The Hall–Kier alpha value is -1.64. The van der Waals surface area contributed by atoms with E-state index in [2.05, 4.69) is 9.97 Å². The fourth-order valence-electron chi connectivity index (χ4n) is 2.50. The van der Waals surface area contributed by atoms with Crippen molar-refractivity contribution in [2.24, 2.45) is 0 Å². The molecule has 0 aliphatic carbocycles. The molecule has 0 saturated carbocycles. The van der Waals surface area contributed by atoms with E-state index in [9.17, 15) is 4.79 Å². The van der Waals surface area contributed by atoms with E-state index in [0.29, 0.717) is 11.5 Å². The lowest BCUT2D eigenvalue weighted by Gasteiger charge is -2.32. The third-order valence-corrected chi connectivity index (χ3v) is 5.53. The summed E-state index contributed by atoms with van der Waals surface area (Å²) in [5.41, 5.74) is 0.902. The first-order valence-corrected chi connectivity index (χ1v) is 9.16. The Labute approximate surface area is 152 Å². The molecule has 0 N–H and O–H groups in total. The number of carbonyl (C=O) groups is 1. The normalized spacial score (nSPS) is 19.6. The number of imidazole rings is 1. The van der Waals surface area contributed by atoms with E-state index in [4.69, 9.17) is 9.31 Å². The Balaban J connectivity index is 1.96. The molecule has 0 radical (unpaired) electrons. The second-order valence-corrected chi connectivity index (χ2v) is 8.21. The lowest BCUT2D eigenvalue weighted by atomic mass is 9.78. The van der Waals surface area contributed by atoms with Crippen molar-refractivity contribution in [1.29, 1.82) is 0 Å². The second kappa shape index (κ2) is 6.59. The van der Waals surface area contributed by atoms with Crippen LogP contribution in [0.4, 0.5) is 0 Å². The Morgan fingerprint density at radius 1 is 1.28 bits per heavy atom. The van der Waals surface area contributed by atoms with Crippen LogP contribution in [0.5, 0.6) is 0 Å². The zero-order chi connectivity index (χ0) is 18.2. The molecule has 1 aliphatic heterocycles. The molecule has 8 heteroatoms. The van der Waals surface area contributed by atoms with Gasteiger partial charge in [-0.3, -0.25) is 9.20 Å². The van der Waals surface area contributed by atoms with Crippen LogP contribution in [0.15, 0.2) is 30.1 Å². The molecule has 0 amide bonds. The van der Waals surface area contributed by atoms with Crippen molar-refractivity contribution in [3.05, 3.63) is 35.8 Å². The molecule has 132 valence electrons. The highest BCUT2D eigenvalue weighted by Gasteiger charge is 2.52. The summed E-state index contributed by atoms with van der Waals surface area (Å²) in [6.07, 6.45) is 7.34. The van der Waals surface area contributed by atoms with Crippen molar-refractivity contribution < 1.29 is 14.1 Å². The Morgan fingerprint density at radius 2 is 1.96 bits per heavy atom. The molecule has 0 aromatic carbocycles. The second-order valence-electron chi connectivity index (χ2n) is 7.06. The van der Waals surface area contributed by atoms with Crippen LogP contribution < -0.4 is 0 Å². The first kappa shape index (κ1) is 18.2. The van der Waals surface area contributed by atoms with E-state index in [-0.39, 0.29) is 5.12 Å². The number of thioether (sulfide) groups is 1. The first-order valence-electron chi connectivity index (χ1n) is 8.17. The van der Waals surface area contributed by atoms with Crippen LogP contribution in [0.2, 0.25) is 0 Å². The van der Waals surface area contributed by atoms with Gasteiger partial charge in [0.05, 0.1) is 23.1 Å². The van der Waals surface area contributed by atoms with Gasteiger partial charge in [0.15, 0.2) is 5.12 Å². The van der Waals surface area contributed by atoms with Crippen LogP contribution in [0, 0.1) is 0 Å². The number of nitrogens with zero attached hydrogens (tertiary/aromatic N) is 3. The summed E-state index contributed by atoms with van der Waals surface area (Å²) >= 11 is 1.24. The number of carbonyl (C=O) groups excluding carboxylic acids is 1. The summed E-state index contributed by atoms with van der Waals surface area (Å²) in [6, 6.07) is 1.85. The fourth-order valence-corrected chi connectivity index (χ4v) is 3.09. The summed E-state index contributed by atoms with van der Waals surface area (Å²) in [5.74, 6) is 1.13. The lowest BCUT2D eigenvalue weighted by Crippen LogP contribution is -2.41. The van der Waals surface area contributed by atoms with Crippen LogP contribution in [0.1, 0.15) is 40.3 Å². The molecule has 3 rings (SSSR count). The molecule has 25 heavy (non-hydrogen) atoms. The molecule has 1 saturated heterocycles. The summed E-state index contributed by atoms with van der Waals surface area (Å²) in [5, 5.41) is 0.0576. The summed E-state index contributed by atoms with van der Waals surface area (Å²) in [6.45, 7) is 9.62. The largest absolute Gasteiger partial charge is 0.491 e. The molecule has 1 aliphatic rings. The SMILES string of the molecule is CC(=O)SCC(=Cc1cnc2ncccn12)B1OC(C)(C)C(C)(C)O1. The zero-order valence-corrected chi connectivity index (χ0v) is 16.0. The van der Waals surface area contributed by atoms with Gasteiger partial charge in [0.25, 0.3) is 0 Å². The highest BCUT2D eigenvalue weighted by Crippen LogP contribution is 2.39. The van der Waals surface area contributed by atoms with Crippen molar-refractivity contribution in [3.63, 3.8) is 0 Å². The quantitative estimate of drug-likeness (QED) is 0.782. The Morgan fingerprint density at radius 3 is 2.60 bits per heavy atom. The molecule has 3 heterocycles. The molecule has 0 spiro atoms. The highest BCUT2D eigenvalue weighted by atomic mass is 32.2. The number of hydrogen-bond donors (Lipinski definition) is 0. The molecule has 1 fully saturated rings. The summed E-state index contributed by atoms with van der Waals surface area (Å²) in [4.78, 5) is 20.0. The smallest absolute Gasteiger partial charge is 0.400 e. The third kappa shape index (κ3) is 3.66. The lowest BCUT2D eigenvalue weighted by molar-refractivity contribution is -0.109. The van der Waals surface area contributed by atoms with E-state index in [1.807, 2.05) is 50.4 Å². The maximum atomic E-state index is 11.5.